The number of amides is 1. The number of nitrogens with zero attached hydrogens (tertiary/aromatic N) is 5. The Kier molecular flexibility index (Phi) is 5.66. The molecule has 158 valence electrons. The van der Waals surface area contributed by atoms with Crippen LogP contribution in [0.1, 0.15) is 34.8 Å². The molecule has 32 heavy (non-hydrogen) atoms. The van der Waals surface area contributed by atoms with Crippen molar-refractivity contribution in [1.82, 2.24) is 24.8 Å². The van der Waals surface area contributed by atoms with Crippen LogP contribution in [0.25, 0.3) is 22.5 Å². The normalized spacial score (nSPS) is 16.0. The summed E-state index contributed by atoms with van der Waals surface area (Å²) in [7, 11) is 0. The van der Waals surface area contributed by atoms with Crippen LogP contribution in [0.2, 0.25) is 0 Å². The third kappa shape index (κ3) is 4.12. The van der Waals surface area contributed by atoms with Crippen molar-refractivity contribution in [3.05, 3.63) is 96.8 Å². The number of piperidine rings is 1. The molecule has 1 aliphatic rings. The minimum absolute atomic E-state index is 0.0716. The van der Waals surface area contributed by atoms with Crippen molar-refractivity contribution < 1.29 is 4.79 Å². The molecule has 1 aromatic carbocycles. The highest BCUT2D eigenvalue weighted by Gasteiger charge is 2.28. The first kappa shape index (κ1) is 20.0. The van der Waals surface area contributed by atoms with E-state index < -0.39 is 0 Å². The van der Waals surface area contributed by atoms with Crippen molar-refractivity contribution in [3.63, 3.8) is 0 Å². The van der Waals surface area contributed by atoms with Crippen LogP contribution >= 0.6 is 0 Å². The van der Waals surface area contributed by atoms with Gasteiger partial charge in [0.25, 0.3) is 5.91 Å². The van der Waals surface area contributed by atoms with E-state index in [9.17, 15) is 4.79 Å². The quantitative estimate of drug-likeness (QED) is 0.481. The molecule has 0 saturated carbocycles. The van der Waals surface area contributed by atoms with Gasteiger partial charge in [-0.05, 0) is 54.8 Å². The average molecular weight is 422 g/mol. The number of hydrogen-bond acceptors (Lipinski definition) is 5. The van der Waals surface area contributed by atoms with E-state index in [2.05, 4.69) is 15.0 Å². The lowest BCUT2D eigenvalue weighted by Crippen LogP contribution is -2.39. The lowest BCUT2D eigenvalue weighted by Gasteiger charge is -2.33. The molecule has 4 aromatic rings. The molecule has 1 aliphatic heterocycles. The smallest absolute Gasteiger partial charge is 0.253 e. The van der Waals surface area contributed by atoms with E-state index in [4.69, 9.17) is 4.98 Å². The van der Waals surface area contributed by atoms with Gasteiger partial charge in [0.1, 0.15) is 0 Å². The van der Waals surface area contributed by atoms with Gasteiger partial charge in [0.2, 0.25) is 0 Å². The molecular weight excluding hydrogens is 398 g/mol. The van der Waals surface area contributed by atoms with Crippen LogP contribution in [-0.2, 0) is 0 Å². The van der Waals surface area contributed by atoms with Crippen molar-refractivity contribution in [2.75, 3.05) is 13.1 Å². The Labute approximate surface area is 187 Å². The molecule has 1 amide bonds. The molecule has 1 unspecified atom stereocenters. The largest absolute Gasteiger partial charge is 0.338 e. The standard InChI is InChI=1S/C26H23N5O/c32-26(20-6-2-1-3-7-20)31-15-5-9-22(18-31)24-23(19-10-13-27-14-11-19)17-29-25(30-24)21-8-4-12-28-16-21/h1-4,6-8,10-14,16-17,22H,5,9,15,18H2. The second-order valence-electron chi connectivity index (χ2n) is 7.93. The van der Waals surface area contributed by atoms with Crippen LogP contribution in [0.5, 0.6) is 0 Å². The predicted molar refractivity (Wildman–Crippen MR) is 123 cm³/mol. The summed E-state index contributed by atoms with van der Waals surface area (Å²) in [6.07, 6.45) is 10.9. The van der Waals surface area contributed by atoms with Crippen molar-refractivity contribution >= 4 is 5.91 Å². The molecule has 1 saturated heterocycles. The van der Waals surface area contributed by atoms with Crippen molar-refractivity contribution in [1.29, 1.82) is 0 Å². The summed E-state index contributed by atoms with van der Waals surface area (Å²) in [5.41, 5.74) is 4.58. The third-order valence-electron chi connectivity index (χ3n) is 5.85. The van der Waals surface area contributed by atoms with E-state index in [1.165, 1.54) is 0 Å². The SMILES string of the molecule is O=C(c1ccccc1)N1CCCC(c2nc(-c3cccnc3)ncc2-c2ccncc2)C1. The summed E-state index contributed by atoms with van der Waals surface area (Å²) in [6.45, 7) is 1.39. The zero-order chi connectivity index (χ0) is 21.8. The summed E-state index contributed by atoms with van der Waals surface area (Å²) < 4.78 is 0. The summed E-state index contributed by atoms with van der Waals surface area (Å²) >= 11 is 0. The predicted octanol–water partition coefficient (Wildman–Crippen LogP) is 4.62. The maximum atomic E-state index is 13.1. The number of hydrogen-bond donors (Lipinski definition) is 0. The van der Waals surface area contributed by atoms with E-state index in [1.807, 2.05) is 65.7 Å². The molecule has 4 heterocycles. The molecule has 0 N–H and O–H groups in total. The number of pyridine rings is 2. The first-order chi connectivity index (χ1) is 15.8. The minimum atomic E-state index is 0.0716. The van der Waals surface area contributed by atoms with Gasteiger partial charge in [-0.1, -0.05) is 18.2 Å². The van der Waals surface area contributed by atoms with Gasteiger partial charge in [0.05, 0.1) is 5.69 Å². The zero-order valence-corrected chi connectivity index (χ0v) is 17.6. The van der Waals surface area contributed by atoms with Gasteiger partial charge in [-0.25, -0.2) is 9.97 Å². The fourth-order valence-electron chi connectivity index (χ4n) is 4.24. The fraction of sp³-hybridized carbons (Fsp3) is 0.192. The summed E-state index contributed by atoms with van der Waals surface area (Å²) in [6, 6.07) is 17.3. The number of carbonyl (C=O) groups is 1. The highest BCUT2D eigenvalue weighted by atomic mass is 16.2. The van der Waals surface area contributed by atoms with Gasteiger partial charge < -0.3 is 4.90 Å². The number of benzene rings is 1. The second-order valence-corrected chi connectivity index (χ2v) is 7.93. The number of carbonyl (C=O) groups excluding carboxylic acids is 1. The number of rotatable bonds is 4. The van der Waals surface area contributed by atoms with E-state index >= 15 is 0 Å². The molecule has 0 aliphatic carbocycles. The van der Waals surface area contributed by atoms with Crippen LogP contribution in [0.3, 0.4) is 0 Å². The van der Waals surface area contributed by atoms with E-state index in [0.29, 0.717) is 12.4 Å². The van der Waals surface area contributed by atoms with Gasteiger partial charge in [0, 0.05) is 66.7 Å². The van der Waals surface area contributed by atoms with Gasteiger partial charge in [-0.2, -0.15) is 0 Å². The highest BCUT2D eigenvalue weighted by molar-refractivity contribution is 5.94. The minimum Gasteiger partial charge on any atom is -0.338 e. The summed E-state index contributed by atoms with van der Waals surface area (Å²) in [5, 5.41) is 0. The summed E-state index contributed by atoms with van der Waals surface area (Å²) in [5.74, 6) is 0.845. The number of likely N-dealkylation sites (tertiary alicyclic amines) is 1. The van der Waals surface area contributed by atoms with Crippen LogP contribution in [0, 0.1) is 0 Å². The van der Waals surface area contributed by atoms with Crippen LogP contribution in [0.4, 0.5) is 0 Å². The summed E-state index contributed by atoms with van der Waals surface area (Å²) in [4.78, 5) is 33.0. The van der Waals surface area contributed by atoms with E-state index in [0.717, 1.165) is 47.3 Å². The van der Waals surface area contributed by atoms with Crippen LogP contribution in [0.15, 0.2) is 85.6 Å². The number of aromatic nitrogens is 4. The molecule has 0 bridgehead atoms. The molecule has 6 heteroatoms. The third-order valence-corrected chi connectivity index (χ3v) is 5.85. The Morgan fingerprint density at radius 3 is 2.50 bits per heavy atom. The Hall–Kier alpha value is -3.93. The monoisotopic (exact) mass is 421 g/mol. The van der Waals surface area contributed by atoms with Crippen molar-refractivity contribution in [2.24, 2.45) is 0 Å². The fourth-order valence-corrected chi connectivity index (χ4v) is 4.24. The van der Waals surface area contributed by atoms with Gasteiger partial charge in [-0.15, -0.1) is 0 Å². The first-order valence-electron chi connectivity index (χ1n) is 10.8. The molecule has 0 spiro atoms. The Bertz CT molecular complexity index is 1200. The topological polar surface area (TPSA) is 71.9 Å². The average Bonchev–Trinajstić information content (AvgIpc) is 2.89. The molecule has 1 fully saturated rings. The Morgan fingerprint density at radius 2 is 1.72 bits per heavy atom. The maximum Gasteiger partial charge on any atom is 0.253 e. The lowest BCUT2D eigenvalue weighted by atomic mass is 9.89. The van der Waals surface area contributed by atoms with Crippen molar-refractivity contribution in [3.8, 4) is 22.5 Å². The Balaban J connectivity index is 1.52. The maximum absolute atomic E-state index is 13.1. The molecule has 0 radical (unpaired) electrons. The molecule has 1 atom stereocenters. The molecule has 6 nitrogen and oxygen atoms in total. The lowest BCUT2D eigenvalue weighted by molar-refractivity contribution is 0.0706. The van der Waals surface area contributed by atoms with Gasteiger partial charge in [0.15, 0.2) is 5.82 Å². The zero-order valence-electron chi connectivity index (χ0n) is 17.6. The van der Waals surface area contributed by atoms with Crippen LogP contribution < -0.4 is 0 Å². The van der Waals surface area contributed by atoms with Crippen LogP contribution in [-0.4, -0.2) is 43.8 Å². The molecule has 5 rings (SSSR count). The Morgan fingerprint density at radius 1 is 0.875 bits per heavy atom. The second kappa shape index (κ2) is 9.06. The molecular formula is C26H23N5O. The van der Waals surface area contributed by atoms with Gasteiger partial charge in [-0.3, -0.25) is 14.8 Å². The molecule has 3 aromatic heterocycles. The highest BCUT2D eigenvalue weighted by Crippen LogP contribution is 2.34. The van der Waals surface area contributed by atoms with E-state index in [1.54, 1.807) is 24.8 Å². The first-order valence-corrected chi connectivity index (χ1v) is 10.8. The van der Waals surface area contributed by atoms with Crippen molar-refractivity contribution in [2.45, 2.75) is 18.8 Å². The van der Waals surface area contributed by atoms with E-state index in [-0.39, 0.29) is 11.8 Å². The van der Waals surface area contributed by atoms with Gasteiger partial charge >= 0.3 is 0 Å².